The van der Waals surface area contributed by atoms with Gasteiger partial charge in [-0.05, 0) is 50.7 Å². The Morgan fingerprint density at radius 2 is 1.88 bits per heavy atom. The van der Waals surface area contributed by atoms with Gasteiger partial charge in [0.05, 0.1) is 0 Å². The minimum atomic E-state index is 0. The fraction of sp³-hybridized carbons (Fsp3) is 0.611. The van der Waals surface area contributed by atoms with Gasteiger partial charge in [0.25, 0.3) is 0 Å². The van der Waals surface area contributed by atoms with Gasteiger partial charge in [0, 0.05) is 31.4 Å². The third kappa shape index (κ3) is 7.19. The number of halogens is 1. The van der Waals surface area contributed by atoms with Crippen LogP contribution in [0.5, 0.6) is 0 Å². The van der Waals surface area contributed by atoms with Crippen molar-refractivity contribution in [2.75, 3.05) is 33.4 Å². The van der Waals surface area contributed by atoms with E-state index in [2.05, 4.69) is 77.6 Å². The van der Waals surface area contributed by atoms with Gasteiger partial charge in [-0.1, -0.05) is 24.3 Å². The highest BCUT2D eigenvalue weighted by atomic mass is 127. The van der Waals surface area contributed by atoms with E-state index in [-0.39, 0.29) is 24.0 Å². The highest BCUT2D eigenvalue weighted by molar-refractivity contribution is 14.0. The summed E-state index contributed by atoms with van der Waals surface area (Å²) in [6, 6.07) is 8.77. The summed E-state index contributed by atoms with van der Waals surface area (Å²) in [5.41, 5.74) is 2.62. The number of nitrogens with zero attached hydrogens (tertiary/aromatic N) is 2. The predicted molar refractivity (Wildman–Crippen MR) is 118 cm³/mol. The summed E-state index contributed by atoms with van der Waals surface area (Å²) in [5.74, 6) is 2.17. The lowest BCUT2D eigenvalue weighted by molar-refractivity contribution is 0.402. The topological polar surface area (TPSA) is 39.7 Å². The van der Waals surface area contributed by atoms with E-state index in [1.165, 1.54) is 29.7 Å². The molecule has 0 bridgehead atoms. The van der Waals surface area contributed by atoms with Gasteiger partial charge < -0.3 is 15.5 Å². The van der Waals surface area contributed by atoms with Crippen molar-refractivity contribution >= 4 is 41.7 Å². The van der Waals surface area contributed by atoms with E-state index in [0.29, 0.717) is 4.75 Å². The van der Waals surface area contributed by atoms with Gasteiger partial charge in [0.1, 0.15) is 0 Å². The standard InChI is InChI=1S/C18H30N4S.HI/c1-18(10-5-11-23-18)14-21-17(19-2)20-12-15-6-8-16(9-7-15)13-22(3)4;/h6-9H,5,10-14H2,1-4H3,(H2,19,20,21);1H. The Labute approximate surface area is 168 Å². The second kappa shape index (κ2) is 10.5. The molecule has 1 heterocycles. The molecule has 136 valence electrons. The number of hydrogen-bond donors (Lipinski definition) is 2. The van der Waals surface area contributed by atoms with E-state index in [4.69, 9.17) is 0 Å². The molecule has 4 nitrogen and oxygen atoms in total. The van der Waals surface area contributed by atoms with Crippen molar-refractivity contribution in [3.8, 4) is 0 Å². The molecule has 1 fully saturated rings. The van der Waals surface area contributed by atoms with E-state index in [1.807, 2.05) is 7.05 Å². The van der Waals surface area contributed by atoms with Gasteiger partial charge in [-0.15, -0.1) is 24.0 Å². The van der Waals surface area contributed by atoms with Gasteiger partial charge in [-0.2, -0.15) is 11.8 Å². The summed E-state index contributed by atoms with van der Waals surface area (Å²) in [5, 5.41) is 6.88. The second-order valence-corrected chi connectivity index (χ2v) is 8.42. The van der Waals surface area contributed by atoms with E-state index in [0.717, 1.165) is 25.6 Å². The van der Waals surface area contributed by atoms with Gasteiger partial charge in [0.15, 0.2) is 5.96 Å². The van der Waals surface area contributed by atoms with Crippen LogP contribution in [0.15, 0.2) is 29.3 Å². The third-order valence-electron chi connectivity index (χ3n) is 4.14. The van der Waals surface area contributed by atoms with E-state index in [9.17, 15) is 0 Å². The molecule has 2 rings (SSSR count). The average molecular weight is 462 g/mol. The highest BCUT2D eigenvalue weighted by Crippen LogP contribution is 2.36. The van der Waals surface area contributed by atoms with Crippen LogP contribution in [0.4, 0.5) is 0 Å². The minimum Gasteiger partial charge on any atom is -0.355 e. The minimum absolute atomic E-state index is 0. The van der Waals surface area contributed by atoms with Crippen molar-refractivity contribution < 1.29 is 0 Å². The number of aliphatic imine (C=N–C) groups is 1. The van der Waals surface area contributed by atoms with Crippen LogP contribution in [-0.2, 0) is 13.1 Å². The largest absolute Gasteiger partial charge is 0.355 e. The molecule has 1 aliphatic heterocycles. The van der Waals surface area contributed by atoms with Crippen LogP contribution < -0.4 is 10.6 Å². The summed E-state index contributed by atoms with van der Waals surface area (Å²) in [7, 11) is 6.02. The van der Waals surface area contributed by atoms with Crippen LogP contribution in [0.2, 0.25) is 0 Å². The normalized spacial score (nSPS) is 20.8. The number of benzene rings is 1. The molecular weight excluding hydrogens is 431 g/mol. The van der Waals surface area contributed by atoms with Crippen LogP contribution in [0, 0.1) is 0 Å². The van der Waals surface area contributed by atoms with E-state index < -0.39 is 0 Å². The second-order valence-electron chi connectivity index (χ2n) is 6.74. The molecule has 0 radical (unpaired) electrons. The third-order valence-corrected chi connectivity index (χ3v) is 5.67. The smallest absolute Gasteiger partial charge is 0.191 e. The Morgan fingerprint density at radius 1 is 1.21 bits per heavy atom. The van der Waals surface area contributed by atoms with Gasteiger partial charge >= 0.3 is 0 Å². The first-order valence-electron chi connectivity index (χ1n) is 8.32. The lowest BCUT2D eigenvalue weighted by Crippen LogP contribution is -2.43. The molecule has 6 heteroatoms. The molecule has 0 saturated carbocycles. The number of hydrogen-bond acceptors (Lipinski definition) is 3. The van der Waals surface area contributed by atoms with Crippen LogP contribution in [0.1, 0.15) is 30.9 Å². The van der Waals surface area contributed by atoms with Crippen LogP contribution in [0.25, 0.3) is 0 Å². The van der Waals surface area contributed by atoms with E-state index in [1.54, 1.807) is 0 Å². The van der Waals surface area contributed by atoms with Crippen LogP contribution in [-0.4, -0.2) is 49.0 Å². The molecular formula is C18H31IN4S. The lowest BCUT2D eigenvalue weighted by Gasteiger charge is -2.24. The zero-order chi connectivity index (χ0) is 16.7. The molecule has 1 saturated heterocycles. The number of thioether (sulfide) groups is 1. The first kappa shape index (κ1) is 21.6. The number of guanidine groups is 1. The zero-order valence-electron chi connectivity index (χ0n) is 15.3. The van der Waals surface area contributed by atoms with Crippen molar-refractivity contribution in [1.29, 1.82) is 0 Å². The maximum atomic E-state index is 4.33. The summed E-state index contributed by atoms with van der Waals surface area (Å²) in [6.07, 6.45) is 2.61. The zero-order valence-corrected chi connectivity index (χ0v) is 18.4. The maximum Gasteiger partial charge on any atom is 0.191 e. The molecule has 1 aromatic carbocycles. The summed E-state index contributed by atoms with van der Waals surface area (Å²) < 4.78 is 0.353. The fourth-order valence-corrected chi connectivity index (χ4v) is 4.03. The summed E-state index contributed by atoms with van der Waals surface area (Å²) >= 11 is 2.07. The first-order chi connectivity index (χ1) is 11.0. The Kier molecular flexibility index (Phi) is 9.44. The van der Waals surface area contributed by atoms with Gasteiger partial charge in [-0.25, -0.2) is 0 Å². The average Bonchev–Trinajstić information content (AvgIpc) is 2.95. The van der Waals surface area contributed by atoms with Crippen molar-refractivity contribution in [1.82, 2.24) is 15.5 Å². The molecule has 0 aromatic heterocycles. The molecule has 2 N–H and O–H groups in total. The van der Waals surface area contributed by atoms with Gasteiger partial charge in [-0.3, -0.25) is 4.99 Å². The summed E-state index contributed by atoms with van der Waals surface area (Å²) in [6.45, 7) is 5.09. The van der Waals surface area contributed by atoms with E-state index >= 15 is 0 Å². The molecule has 1 aromatic rings. The quantitative estimate of drug-likeness (QED) is 0.387. The molecule has 24 heavy (non-hydrogen) atoms. The van der Waals surface area contributed by atoms with Crippen LogP contribution in [0.3, 0.4) is 0 Å². The lowest BCUT2D eigenvalue weighted by atomic mass is 10.1. The first-order valence-corrected chi connectivity index (χ1v) is 9.30. The number of nitrogens with one attached hydrogen (secondary N) is 2. The van der Waals surface area contributed by atoms with Crippen molar-refractivity contribution in [2.24, 2.45) is 4.99 Å². The Morgan fingerprint density at radius 3 is 2.42 bits per heavy atom. The Bertz CT molecular complexity index is 510. The maximum absolute atomic E-state index is 4.33. The Hall–Kier alpha value is -0.470. The molecule has 1 unspecified atom stereocenters. The van der Waals surface area contributed by atoms with Gasteiger partial charge in [0.2, 0.25) is 0 Å². The summed E-state index contributed by atoms with van der Waals surface area (Å²) in [4.78, 5) is 6.51. The molecule has 1 atom stereocenters. The van der Waals surface area contributed by atoms with Crippen molar-refractivity contribution in [2.45, 2.75) is 37.6 Å². The molecule has 0 aliphatic carbocycles. The molecule has 0 amide bonds. The highest BCUT2D eigenvalue weighted by Gasteiger charge is 2.29. The van der Waals surface area contributed by atoms with Crippen molar-refractivity contribution in [3.63, 3.8) is 0 Å². The SMILES string of the molecule is CN=C(NCc1ccc(CN(C)C)cc1)NCC1(C)CCCS1.I. The monoisotopic (exact) mass is 462 g/mol. The predicted octanol–water partition coefficient (Wildman–Crippen LogP) is 3.32. The van der Waals surface area contributed by atoms with Crippen molar-refractivity contribution in [3.05, 3.63) is 35.4 Å². The fourth-order valence-electron chi connectivity index (χ4n) is 2.78. The molecule has 1 aliphatic rings. The van der Waals surface area contributed by atoms with Crippen LogP contribution >= 0.6 is 35.7 Å². The Balaban J connectivity index is 0.00000288. The molecule has 0 spiro atoms. The number of rotatable bonds is 6.